The van der Waals surface area contributed by atoms with E-state index in [1.807, 2.05) is 7.11 Å². The van der Waals surface area contributed by atoms with Gasteiger partial charge in [-0.2, -0.15) is 0 Å². The second kappa shape index (κ2) is 6.57. The van der Waals surface area contributed by atoms with Gasteiger partial charge in [0, 0.05) is 11.6 Å². The van der Waals surface area contributed by atoms with Gasteiger partial charge in [-0.05, 0) is 29.4 Å². The molecular formula is C13H21BrOSi. The third-order valence-corrected chi connectivity index (χ3v) is 8.38. The number of hydrogen-bond donors (Lipinski definition) is 0. The molecule has 0 amide bonds. The van der Waals surface area contributed by atoms with Gasteiger partial charge < -0.3 is 4.43 Å². The van der Waals surface area contributed by atoms with Crippen molar-refractivity contribution in [1.29, 1.82) is 0 Å². The largest absolute Gasteiger partial charge is 0.415 e. The van der Waals surface area contributed by atoms with Gasteiger partial charge in [-0.3, -0.25) is 0 Å². The highest BCUT2D eigenvalue weighted by Gasteiger charge is 2.34. The topological polar surface area (TPSA) is 9.23 Å². The third-order valence-electron chi connectivity index (χ3n) is 3.07. The zero-order valence-corrected chi connectivity index (χ0v) is 13.0. The summed E-state index contributed by atoms with van der Waals surface area (Å²) in [6, 6.07) is 11.1. The summed E-state index contributed by atoms with van der Waals surface area (Å²) in [6.45, 7) is 4.49. The van der Waals surface area contributed by atoms with Crippen LogP contribution in [0.2, 0.25) is 12.1 Å². The minimum Gasteiger partial charge on any atom is -0.415 e. The monoisotopic (exact) mass is 300 g/mol. The van der Waals surface area contributed by atoms with E-state index in [0.29, 0.717) is 0 Å². The maximum atomic E-state index is 5.97. The Morgan fingerprint density at radius 2 is 1.56 bits per heavy atom. The van der Waals surface area contributed by atoms with Crippen molar-refractivity contribution in [1.82, 2.24) is 0 Å². The molecule has 1 aromatic rings. The Bertz CT molecular complexity index is 304. The van der Waals surface area contributed by atoms with Gasteiger partial charge in [0.25, 0.3) is 0 Å². The smallest absolute Gasteiger partial charge is 0.223 e. The van der Waals surface area contributed by atoms with Crippen molar-refractivity contribution in [2.24, 2.45) is 0 Å². The van der Waals surface area contributed by atoms with Crippen LogP contribution in [0.15, 0.2) is 28.7 Å². The SMILES string of the molecule is CCC[Si](CCC)(OC)c1ccc(Br)cc1. The molecule has 0 bridgehead atoms. The van der Waals surface area contributed by atoms with Crippen molar-refractivity contribution in [3.63, 3.8) is 0 Å². The Labute approximate surface area is 108 Å². The van der Waals surface area contributed by atoms with Crippen LogP contribution >= 0.6 is 15.9 Å². The van der Waals surface area contributed by atoms with Gasteiger partial charge >= 0.3 is 0 Å². The molecule has 1 nitrogen and oxygen atoms in total. The molecule has 0 spiro atoms. The normalized spacial score (nSPS) is 11.8. The van der Waals surface area contributed by atoms with Crippen LogP contribution in [0.1, 0.15) is 26.7 Å². The minimum absolute atomic E-state index is 1.14. The maximum absolute atomic E-state index is 5.97. The number of hydrogen-bond acceptors (Lipinski definition) is 1. The Morgan fingerprint density at radius 1 is 1.06 bits per heavy atom. The lowest BCUT2D eigenvalue weighted by Crippen LogP contribution is -2.49. The van der Waals surface area contributed by atoms with E-state index in [2.05, 4.69) is 54.0 Å². The van der Waals surface area contributed by atoms with Crippen LogP contribution < -0.4 is 5.19 Å². The van der Waals surface area contributed by atoms with Gasteiger partial charge in [-0.15, -0.1) is 0 Å². The van der Waals surface area contributed by atoms with E-state index in [-0.39, 0.29) is 0 Å². The summed E-state index contributed by atoms with van der Waals surface area (Å²) in [6.07, 6.45) is 2.41. The lowest BCUT2D eigenvalue weighted by Gasteiger charge is -2.29. The predicted molar refractivity (Wildman–Crippen MR) is 76.7 cm³/mol. The average Bonchev–Trinajstić information content (AvgIpc) is 2.29. The first-order chi connectivity index (χ1) is 7.68. The van der Waals surface area contributed by atoms with Gasteiger partial charge in [0.05, 0.1) is 0 Å². The number of rotatable bonds is 6. The molecule has 16 heavy (non-hydrogen) atoms. The standard InChI is InChI=1S/C13H21BrOSi/c1-4-10-16(15-3,11-5-2)13-8-6-12(14)7-9-13/h6-9H,4-5,10-11H2,1-3H3. The molecule has 0 atom stereocenters. The van der Waals surface area contributed by atoms with E-state index in [1.54, 1.807) is 0 Å². The van der Waals surface area contributed by atoms with Crippen molar-refractivity contribution < 1.29 is 4.43 Å². The second-order valence-corrected chi connectivity index (χ2v) is 9.10. The van der Waals surface area contributed by atoms with E-state index in [0.717, 1.165) is 4.47 Å². The first-order valence-corrected chi connectivity index (χ1v) is 9.11. The lowest BCUT2D eigenvalue weighted by atomic mass is 10.4. The highest BCUT2D eigenvalue weighted by molar-refractivity contribution is 9.10. The van der Waals surface area contributed by atoms with Crippen LogP contribution in [0.4, 0.5) is 0 Å². The van der Waals surface area contributed by atoms with E-state index < -0.39 is 8.32 Å². The second-order valence-electron chi connectivity index (χ2n) is 4.21. The highest BCUT2D eigenvalue weighted by Crippen LogP contribution is 2.21. The minimum atomic E-state index is -1.69. The van der Waals surface area contributed by atoms with Crippen LogP contribution in [0.3, 0.4) is 0 Å². The van der Waals surface area contributed by atoms with Crippen LogP contribution in [0.5, 0.6) is 0 Å². The molecule has 1 aromatic carbocycles. The van der Waals surface area contributed by atoms with Gasteiger partial charge in [0.2, 0.25) is 8.32 Å². The molecule has 0 radical (unpaired) electrons. The van der Waals surface area contributed by atoms with Crippen molar-refractivity contribution in [2.75, 3.05) is 7.11 Å². The molecule has 0 aliphatic carbocycles. The number of halogens is 1. The summed E-state index contributed by atoms with van der Waals surface area (Å²) in [4.78, 5) is 0. The molecule has 3 heteroatoms. The molecular weight excluding hydrogens is 280 g/mol. The molecule has 0 saturated heterocycles. The molecule has 0 aliphatic rings. The lowest BCUT2D eigenvalue weighted by molar-refractivity contribution is 0.400. The van der Waals surface area contributed by atoms with Gasteiger partial charge in [0.1, 0.15) is 0 Å². The molecule has 90 valence electrons. The van der Waals surface area contributed by atoms with Gasteiger partial charge in [-0.25, -0.2) is 0 Å². The molecule has 0 saturated carbocycles. The summed E-state index contributed by atoms with van der Waals surface area (Å²) >= 11 is 3.49. The zero-order valence-electron chi connectivity index (χ0n) is 10.4. The van der Waals surface area contributed by atoms with Crippen LogP contribution in [0, 0.1) is 0 Å². The van der Waals surface area contributed by atoms with E-state index in [1.165, 1.54) is 30.1 Å². The van der Waals surface area contributed by atoms with E-state index in [4.69, 9.17) is 4.43 Å². The molecule has 0 unspecified atom stereocenters. The predicted octanol–water partition coefficient (Wildman–Crippen LogP) is 4.07. The van der Waals surface area contributed by atoms with E-state index >= 15 is 0 Å². The first-order valence-electron chi connectivity index (χ1n) is 5.99. The van der Waals surface area contributed by atoms with Crippen LogP contribution in [-0.4, -0.2) is 15.4 Å². The van der Waals surface area contributed by atoms with Crippen molar-refractivity contribution in [3.8, 4) is 0 Å². The first kappa shape index (κ1) is 13.9. The molecule has 1 rings (SSSR count). The maximum Gasteiger partial charge on any atom is 0.223 e. The van der Waals surface area contributed by atoms with Gasteiger partial charge in [0.15, 0.2) is 0 Å². The third kappa shape index (κ3) is 3.19. The van der Waals surface area contributed by atoms with E-state index in [9.17, 15) is 0 Å². The molecule has 0 aromatic heterocycles. The molecule has 0 heterocycles. The summed E-state index contributed by atoms with van der Waals surface area (Å²) in [7, 11) is 0.199. The summed E-state index contributed by atoms with van der Waals surface area (Å²) in [5.41, 5.74) is 0. The van der Waals surface area contributed by atoms with Crippen LogP contribution in [0.25, 0.3) is 0 Å². The zero-order chi connectivity index (χ0) is 12.0. The molecule has 0 N–H and O–H groups in total. The van der Waals surface area contributed by atoms with Crippen molar-refractivity contribution >= 4 is 29.4 Å². The average molecular weight is 301 g/mol. The molecule has 0 aliphatic heterocycles. The Hall–Kier alpha value is -0.123. The highest BCUT2D eigenvalue weighted by atomic mass is 79.9. The molecule has 0 fully saturated rings. The van der Waals surface area contributed by atoms with Gasteiger partial charge in [-0.1, -0.05) is 54.8 Å². The summed E-state index contributed by atoms with van der Waals surface area (Å²) in [5, 5.41) is 1.43. The fourth-order valence-electron chi connectivity index (χ4n) is 2.30. The van der Waals surface area contributed by atoms with Crippen molar-refractivity contribution in [3.05, 3.63) is 28.7 Å². The Morgan fingerprint density at radius 3 is 1.94 bits per heavy atom. The Kier molecular flexibility index (Phi) is 5.73. The number of benzene rings is 1. The fourth-order valence-corrected chi connectivity index (χ4v) is 6.42. The van der Waals surface area contributed by atoms with Crippen molar-refractivity contribution in [2.45, 2.75) is 38.8 Å². The quantitative estimate of drug-likeness (QED) is 0.720. The Balaban J connectivity index is 3.02. The summed E-state index contributed by atoms with van der Waals surface area (Å²) < 4.78 is 7.11. The fraction of sp³-hybridized carbons (Fsp3) is 0.538. The van der Waals surface area contributed by atoms with Crippen LogP contribution in [-0.2, 0) is 4.43 Å². The summed E-state index contributed by atoms with van der Waals surface area (Å²) in [5.74, 6) is 0.